The third kappa shape index (κ3) is 2.79. The van der Waals surface area contributed by atoms with Gasteiger partial charge in [-0.1, -0.05) is 0 Å². The Morgan fingerprint density at radius 2 is 2.17 bits per heavy atom. The van der Waals surface area contributed by atoms with Crippen molar-refractivity contribution < 1.29 is 13.2 Å². The van der Waals surface area contributed by atoms with E-state index in [9.17, 15) is 13.2 Å². The summed E-state index contributed by atoms with van der Waals surface area (Å²) >= 11 is 1.17. The molecule has 0 spiro atoms. The highest BCUT2D eigenvalue weighted by atomic mass is 32.2. The Kier molecular flexibility index (Phi) is 3.81. The van der Waals surface area contributed by atoms with Gasteiger partial charge in [0.2, 0.25) is 0 Å². The number of benzene rings is 1. The normalized spacial score (nSPS) is 11.1. The second-order valence-corrected chi connectivity index (χ2v) is 4.52. The molecule has 0 unspecified atom stereocenters. The van der Waals surface area contributed by atoms with Gasteiger partial charge in [0, 0.05) is 23.0 Å². The molecule has 0 radical (unpaired) electrons. The van der Waals surface area contributed by atoms with Crippen molar-refractivity contribution >= 4 is 17.4 Å². The summed E-state index contributed by atoms with van der Waals surface area (Å²) in [6.07, 6.45) is 2.51. The van der Waals surface area contributed by atoms with Crippen molar-refractivity contribution in [2.45, 2.75) is 17.2 Å². The number of hydrogen-bond donors (Lipinski definition) is 1. The van der Waals surface area contributed by atoms with Crippen molar-refractivity contribution in [1.82, 2.24) is 9.55 Å². The summed E-state index contributed by atoms with van der Waals surface area (Å²) < 4.78 is 38.9. The number of imidazole rings is 1. The molecule has 0 aliphatic heterocycles. The molecule has 3 nitrogen and oxygen atoms in total. The Labute approximate surface area is 106 Å². The van der Waals surface area contributed by atoms with Gasteiger partial charge in [-0.3, -0.25) is 4.57 Å². The first-order chi connectivity index (χ1) is 8.58. The first-order valence-electron chi connectivity index (χ1n) is 5.05. The number of thioether (sulfide) groups is 1. The minimum Gasteiger partial charge on any atom is -0.398 e. The molecule has 0 saturated heterocycles. The molecule has 1 aromatic heterocycles. The van der Waals surface area contributed by atoms with Crippen LogP contribution in [0.15, 0.2) is 35.5 Å². The molecule has 0 aliphatic carbocycles. The maximum Gasteiger partial charge on any atom is 0.319 e. The lowest BCUT2D eigenvalue weighted by Gasteiger charge is -2.07. The van der Waals surface area contributed by atoms with E-state index in [-0.39, 0.29) is 11.6 Å². The van der Waals surface area contributed by atoms with Crippen LogP contribution in [0.5, 0.6) is 0 Å². The van der Waals surface area contributed by atoms with Gasteiger partial charge in [0.1, 0.15) is 11.6 Å². The van der Waals surface area contributed by atoms with E-state index in [4.69, 9.17) is 5.73 Å². The summed E-state index contributed by atoms with van der Waals surface area (Å²) in [6.45, 7) is -2.63. The second kappa shape index (κ2) is 5.34. The average molecular weight is 273 g/mol. The standard InChI is InChI=1S/C11H10F3N3S/c12-7-1-2-8(15)9(5-7)18-6-10-16-3-4-17(10)11(13)14/h1-5,11H,6,15H2. The predicted octanol–water partition coefficient (Wildman–Crippen LogP) is 3.29. The van der Waals surface area contributed by atoms with Crippen LogP contribution < -0.4 is 5.73 Å². The lowest BCUT2D eigenvalue weighted by atomic mass is 10.3. The molecule has 1 heterocycles. The molecular formula is C11H10F3N3S. The van der Waals surface area contributed by atoms with Gasteiger partial charge in [-0.05, 0) is 18.2 Å². The largest absolute Gasteiger partial charge is 0.398 e. The number of halogens is 3. The maximum absolute atomic E-state index is 13.0. The SMILES string of the molecule is Nc1ccc(F)cc1SCc1nccn1C(F)F. The third-order valence-electron chi connectivity index (χ3n) is 2.29. The molecule has 18 heavy (non-hydrogen) atoms. The molecule has 0 bridgehead atoms. The van der Waals surface area contributed by atoms with E-state index in [0.717, 1.165) is 4.57 Å². The van der Waals surface area contributed by atoms with E-state index in [1.807, 2.05) is 0 Å². The van der Waals surface area contributed by atoms with Crippen molar-refractivity contribution in [1.29, 1.82) is 0 Å². The van der Waals surface area contributed by atoms with Crippen LogP contribution in [-0.4, -0.2) is 9.55 Å². The van der Waals surface area contributed by atoms with Gasteiger partial charge in [-0.25, -0.2) is 9.37 Å². The van der Waals surface area contributed by atoms with E-state index in [1.54, 1.807) is 0 Å². The van der Waals surface area contributed by atoms with E-state index in [1.165, 1.54) is 42.4 Å². The van der Waals surface area contributed by atoms with Crippen LogP contribution in [0, 0.1) is 5.82 Å². The van der Waals surface area contributed by atoms with Gasteiger partial charge in [0.05, 0.1) is 5.75 Å². The van der Waals surface area contributed by atoms with Crippen LogP contribution in [-0.2, 0) is 5.75 Å². The number of nitrogens with zero attached hydrogens (tertiary/aromatic N) is 2. The summed E-state index contributed by atoms with van der Waals surface area (Å²) in [7, 11) is 0. The summed E-state index contributed by atoms with van der Waals surface area (Å²) in [5, 5.41) is 0. The lowest BCUT2D eigenvalue weighted by Crippen LogP contribution is -2.02. The Balaban J connectivity index is 2.11. The third-order valence-corrected chi connectivity index (χ3v) is 3.36. The van der Waals surface area contributed by atoms with E-state index < -0.39 is 12.4 Å². The molecular weight excluding hydrogens is 263 g/mol. The Morgan fingerprint density at radius 1 is 1.39 bits per heavy atom. The highest BCUT2D eigenvalue weighted by Crippen LogP contribution is 2.29. The van der Waals surface area contributed by atoms with Crippen LogP contribution in [0.3, 0.4) is 0 Å². The summed E-state index contributed by atoms with van der Waals surface area (Å²) in [5.41, 5.74) is 6.08. The molecule has 2 aromatic rings. The van der Waals surface area contributed by atoms with Crippen LogP contribution in [0.25, 0.3) is 0 Å². The van der Waals surface area contributed by atoms with E-state index in [2.05, 4.69) is 4.98 Å². The molecule has 1 aromatic carbocycles. The fourth-order valence-electron chi connectivity index (χ4n) is 1.41. The van der Waals surface area contributed by atoms with Crippen LogP contribution in [0.1, 0.15) is 12.4 Å². The zero-order valence-corrected chi connectivity index (χ0v) is 10.0. The van der Waals surface area contributed by atoms with Crippen molar-refractivity contribution in [3.8, 4) is 0 Å². The smallest absolute Gasteiger partial charge is 0.319 e. The molecule has 96 valence electrons. The van der Waals surface area contributed by atoms with Gasteiger partial charge in [0.15, 0.2) is 0 Å². The number of alkyl halides is 2. The summed E-state index contributed by atoms with van der Waals surface area (Å²) in [6, 6.07) is 3.96. The number of aromatic nitrogens is 2. The van der Waals surface area contributed by atoms with Crippen LogP contribution >= 0.6 is 11.8 Å². The Bertz CT molecular complexity index is 542. The van der Waals surface area contributed by atoms with E-state index in [0.29, 0.717) is 10.6 Å². The fraction of sp³-hybridized carbons (Fsp3) is 0.182. The minimum absolute atomic E-state index is 0.199. The molecule has 0 aliphatic rings. The molecule has 0 fully saturated rings. The first kappa shape index (κ1) is 12.8. The monoisotopic (exact) mass is 273 g/mol. The van der Waals surface area contributed by atoms with Crippen LogP contribution in [0.4, 0.5) is 18.9 Å². The Morgan fingerprint density at radius 3 is 2.89 bits per heavy atom. The lowest BCUT2D eigenvalue weighted by molar-refractivity contribution is 0.0678. The molecule has 2 rings (SSSR count). The zero-order valence-electron chi connectivity index (χ0n) is 9.19. The van der Waals surface area contributed by atoms with Gasteiger partial charge >= 0.3 is 6.55 Å². The molecule has 0 amide bonds. The van der Waals surface area contributed by atoms with Crippen LogP contribution in [0.2, 0.25) is 0 Å². The molecule has 2 N–H and O–H groups in total. The van der Waals surface area contributed by atoms with Gasteiger partial charge < -0.3 is 5.73 Å². The summed E-state index contributed by atoms with van der Waals surface area (Å²) in [5.74, 6) is 0.00733. The van der Waals surface area contributed by atoms with Gasteiger partial charge in [-0.2, -0.15) is 8.78 Å². The zero-order chi connectivity index (χ0) is 13.1. The number of nitrogens with two attached hydrogens (primary N) is 1. The predicted molar refractivity (Wildman–Crippen MR) is 63.9 cm³/mol. The topological polar surface area (TPSA) is 43.8 Å². The van der Waals surface area contributed by atoms with E-state index >= 15 is 0 Å². The second-order valence-electron chi connectivity index (χ2n) is 3.50. The first-order valence-corrected chi connectivity index (χ1v) is 6.04. The maximum atomic E-state index is 13.0. The minimum atomic E-state index is -2.63. The molecule has 0 saturated carbocycles. The Hall–Kier alpha value is -1.63. The van der Waals surface area contributed by atoms with Gasteiger partial charge in [0.25, 0.3) is 0 Å². The quantitative estimate of drug-likeness (QED) is 0.686. The van der Waals surface area contributed by atoms with Crippen molar-refractivity contribution in [2.24, 2.45) is 0 Å². The van der Waals surface area contributed by atoms with Crippen molar-refractivity contribution in [2.75, 3.05) is 5.73 Å². The fourth-order valence-corrected chi connectivity index (χ4v) is 2.35. The highest BCUT2D eigenvalue weighted by molar-refractivity contribution is 7.98. The number of rotatable bonds is 4. The van der Waals surface area contributed by atoms with Crippen molar-refractivity contribution in [3.05, 3.63) is 42.2 Å². The number of hydrogen-bond acceptors (Lipinski definition) is 3. The highest BCUT2D eigenvalue weighted by Gasteiger charge is 2.12. The number of nitrogen functional groups attached to an aromatic ring is 1. The molecule has 7 heteroatoms. The van der Waals surface area contributed by atoms with Crippen molar-refractivity contribution in [3.63, 3.8) is 0 Å². The molecule has 0 atom stereocenters. The number of anilines is 1. The summed E-state index contributed by atoms with van der Waals surface area (Å²) in [4.78, 5) is 4.34. The average Bonchev–Trinajstić information content (AvgIpc) is 2.79. The van der Waals surface area contributed by atoms with Gasteiger partial charge in [-0.15, -0.1) is 11.8 Å².